The fourth-order valence-electron chi connectivity index (χ4n) is 3.23. The lowest BCUT2D eigenvalue weighted by Crippen LogP contribution is -2.25. The maximum atomic E-state index is 10.3. The predicted octanol–water partition coefficient (Wildman–Crippen LogP) is 3.72. The first-order valence-electron chi connectivity index (χ1n) is 10.3. The summed E-state index contributed by atoms with van der Waals surface area (Å²) in [6.45, 7) is 8.72. The van der Waals surface area contributed by atoms with Crippen LogP contribution >= 0.6 is 31.9 Å². The Kier molecular flexibility index (Phi) is 8.37. The third kappa shape index (κ3) is 6.12. The summed E-state index contributed by atoms with van der Waals surface area (Å²) in [5.74, 6) is 1.25. The van der Waals surface area contributed by atoms with Crippen LogP contribution < -0.4 is 9.47 Å². The zero-order valence-corrected chi connectivity index (χ0v) is 21.7. The van der Waals surface area contributed by atoms with Crippen molar-refractivity contribution in [1.29, 1.82) is 0 Å². The molecule has 8 nitrogen and oxygen atoms in total. The Morgan fingerprint density at radius 2 is 1.09 bits per heavy atom. The van der Waals surface area contributed by atoms with E-state index in [0.29, 0.717) is 24.6 Å². The van der Waals surface area contributed by atoms with Gasteiger partial charge in [0.1, 0.15) is 36.9 Å². The van der Waals surface area contributed by atoms with Gasteiger partial charge in [-0.25, -0.2) is 0 Å². The van der Waals surface area contributed by atoms with Gasteiger partial charge in [0, 0.05) is 11.4 Å². The highest BCUT2D eigenvalue weighted by Crippen LogP contribution is 2.22. The third-order valence-electron chi connectivity index (χ3n) is 5.06. The van der Waals surface area contributed by atoms with Crippen LogP contribution in [0.1, 0.15) is 22.8 Å². The number of aryl methyl sites for hydroxylation is 2. The molecule has 32 heavy (non-hydrogen) atoms. The molecule has 0 saturated heterocycles. The molecule has 3 aromatic rings. The monoisotopic (exact) mass is 570 g/mol. The zero-order chi connectivity index (χ0) is 23.4. The highest BCUT2D eigenvalue weighted by atomic mass is 79.9. The number of benzene rings is 1. The van der Waals surface area contributed by atoms with Crippen molar-refractivity contribution < 1.29 is 19.7 Å². The van der Waals surface area contributed by atoms with Crippen molar-refractivity contribution in [2.75, 3.05) is 13.2 Å². The summed E-state index contributed by atoms with van der Waals surface area (Å²) in [4.78, 5) is 0. The Morgan fingerprint density at radius 3 is 1.38 bits per heavy atom. The summed E-state index contributed by atoms with van der Waals surface area (Å²) in [7, 11) is 0. The van der Waals surface area contributed by atoms with Crippen molar-refractivity contribution in [3.05, 3.63) is 56.0 Å². The minimum Gasteiger partial charge on any atom is -0.491 e. The van der Waals surface area contributed by atoms with E-state index in [1.807, 2.05) is 27.7 Å². The molecule has 0 amide bonds. The van der Waals surface area contributed by atoms with Crippen LogP contribution in [-0.2, 0) is 13.1 Å². The topological polar surface area (TPSA) is 94.6 Å². The van der Waals surface area contributed by atoms with Crippen LogP contribution in [0.15, 0.2) is 33.2 Å². The summed E-state index contributed by atoms with van der Waals surface area (Å²) in [5, 5.41) is 29.4. The van der Waals surface area contributed by atoms with Gasteiger partial charge in [0.25, 0.3) is 0 Å². The maximum absolute atomic E-state index is 10.3. The van der Waals surface area contributed by atoms with Crippen LogP contribution in [0.4, 0.5) is 0 Å². The number of ether oxygens (including phenoxy) is 2. The number of hydrogen-bond donors (Lipinski definition) is 2. The summed E-state index contributed by atoms with van der Waals surface area (Å²) >= 11 is 6.97. The van der Waals surface area contributed by atoms with Crippen LogP contribution in [0.25, 0.3) is 0 Å². The average Bonchev–Trinajstić information content (AvgIpc) is 3.15. The summed E-state index contributed by atoms with van der Waals surface area (Å²) in [5.41, 5.74) is 3.71. The van der Waals surface area contributed by atoms with E-state index in [-0.39, 0.29) is 13.2 Å². The lowest BCUT2D eigenvalue weighted by Gasteiger charge is -2.15. The molecule has 2 aromatic heterocycles. The molecule has 1 aromatic carbocycles. The maximum Gasteiger partial charge on any atom is 0.119 e. The molecule has 2 atom stereocenters. The van der Waals surface area contributed by atoms with Crippen molar-refractivity contribution in [3.63, 3.8) is 0 Å². The Bertz CT molecular complexity index is 966. The standard InChI is InChI=1S/C22H28Br2N4O4/c1-13-21(23)15(3)27(25-13)9-17(29)11-31-19-5-7-20(8-6-19)32-12-18(30)10-28-16(4)22(24)14(2)26-28/h5-8,17-18,29-30H,9-12H2,1-4H3/t17-,18-/m1/s1. The van der Waals surface area contributed by atoms with Gasteiger partial charge in [-0.3, -0.25) is 9.36 Å². The van der Waals surface area contributed by atoms with E-state index in [2.05, 4.69) is 42.1 Å². The van der Waals surface area contributed by atoms with E-state index in [9.17, 15) is 10.2 Å². The fraction of sp³-hybridized carbons (Fsp3) is 0.455. The van der Waals surface area contributed by atoms with Crippen molar-refractivity contribution in [1.82, 2.24) is 19.6 Å². The Morgan fingerprint density at radius 1 is 0.750 bits per heavy atom. The second-order valence-corrected chi connectivity index (χ2v) is 9.32. The number of halogens is 2. The number of hydrogen-bond acceptors (Lipinski definition) is 6. The van der Waals surface area contributed by atoms with Crippen molar-refractivity contribution in [2.45, 2.75) is 53.0 Å². The first-order valence-corrected chi connectivity index (χ1v) is 11.8. The Hall–Kier alpha value is -1.88. The number of rotatable bonds is 10. The van der Waals surface area contributed by atoms with Gasteiger partial charge < -0.3 is 19.7 Å². The smallest absolute Gasteiger partial charge is 0.119 e. The molecule has 2 N–H and O–H groups in total. The van der Waals surface area contributed by atoms with Crippen LogP contribution in [0.5, 0.6) is 11.5 Å². The summed E-state index contributed by atoms with van der Waals surface area (Å²) in [6, 6.07) is 7.08. The van der Waals surface area contributed by atoms with Gasteiger partial charge in [-0.05, 0) is 83.8 Å². The lowest BCUT2D eigenvalue weighted by molar-refractivity contribution is 0.0869. The Labute approximate surface area is 204 Å². The van der Waals surface area contributed by atoms with Crippen LogP contribution in [0, 0.1) is 27.7 Å². The van der Waals surface area contributed by atoms with E-state index < -0.39 is 12.2 Å². The fourth-order valence-corrected chi connectivity index (χ4v) is 3.80. The van der Waals surface area contributed by atoms with Gasteiger partial charge in [0.2, 0.25) is 0 Å². The van der Waals surface area contributed by atoms with Gasteiger partial charge in [-0.15, -0.1) is 0 Å². The molecule has 174 valence electrons. The van der Waals surface area contributed by atoms with Gasteiger partial charge in [-0.2, -0.15) is 10.2 Å². The van der Waals surface area contributed by atoms with Gasteiger partial charge in [0.15, 0.2) is 0 Å². The second-order valence-electron chi connectivity index (χ2n) is 7.73. The van der Waals surface area contributed by atoms with Crippen LogP contribution in [0.2, 0.25) is 0 Å². The third-order valence-corrected chi connectivity index (χ3v) is 7.36. The highest BCUT2D eigenvalue weighted by molar-refractivity contribution is 9.10. The highest BCUT2D eigenvalue weighted by Gasteiger charge is 2.15. The second kappa shape index (κ2) is 10.8. The number of nitrogens with zero attached hydrogens (tertiary/aromatic N) is 4. The minimum absolute atomic E-state index is 0.146. The molecule has 0 unspecified atom stereocenters. The number of aliphatic hydroxyl groups is 2. The van der Waals surface area contributed by atoms with Crippen LogP contribution in [0.3, 0.4) is 0 Å². The molecular weight excluding hydrogens is 544 g/mol. The number of aromatic nitrogens is 4. The molecular formula is C22H28Br2N4O4. The summed E-state index contributed by atoms with van der Waals surface area (Å²) < 4.78 is 16.8. The molecule has 0 aliphatic heterocycles. The molecule has 0 bridgehead atoms. The normalized spacial score (nSPS) is 13.2. The molecule has 0 aliphatic carbocycles. The first kappa shape index (κ1) is 24.8. The van der Waals surface area contributed by atoms with E-state index in [4.69, 9.17) is 9.47 Å². The van der Waals surface area contributed by atoms with Crippen molar-refractivity contribution >= 4 is 31.9 Å². The van der Waals surface area contributed by atoms with Gasteiger partial charge in [0.05, 0.1) is 33.4 Å². The molecule has 0 saturated carbocycles. The number of aliphatic hydroxyl groups excluding tert-OH is 2. The minimum atomic E-state index is -0.694. The first-order chi connectivity index (χ1) is 15.2. The molecule has 0 radical (unpaired) electrons. The average molecular weight is 572 g/mol. The quantitative estimate of drug-likeness (QED) is 0.385. The van der Waals surface area contributed by atoms with E-state index >= 15 is 0 Å². The molecule has 10 heteroatoms. The van der Waals surface area contributed by atoms with Crippen molar-refractivity contribution in [2.24, 2.45) is 0 Å². The summed E-state index contributed by atoms with van der Waals surface area (Å²) in [6.07, 6.45) is -1.39. The molecule has 0 aliphatic rings. The van der Waals surface area contributed by atoms with E-state index in [0.717, 1.165) is 31.7 Å². The SMILES string of the molecule is Cc1nn(C[C@@H](O)COc2ccc(OC[C@H](O)Cn3nc(C)c(Br)c3C)cc2)c(C)c1Br. The molecule has 0 spiro atoms. The van der Waals surface area contributed by atoms with Gasteiger partial charge >= 0.3 is 0 Å². The van der Waals surface area contributed by atoms with Gasteiger partial charge in [-0.1, -0.05) is 0 Å². The van der Waals surface area contributed by atoms with E-state index in [1.165, 1.54) is 0 Å². The lowest BCUT2D eigenvalue weighted by atomic mass is 10.3. The molecule has 0 fully saturated rings. The largest absolute Gasteiger partial charge is 0.491 e. The zero-order valence-electron chi connectivity index (χ0n) is 18.5. The van der Waals surface area contributed by atoms with Crippen molar-refractivity contribution in [3.8, 4) is 11.5 Å². The Balaban J connectivity index is 1.44. The van der Waals surface area contributed by atoms with Crippen LogP contribution in [-0.4, -0.2) is 55.2 Å². The molecule has 2 heterocycles. The van der Waals surface area contributed by atoms with E-state index in [1.54, 1.807) is 33.6 Å². The predicted molar refractivity (Wildman–Crippen MR) is 128 cm³/mol. The molecule has 3 rings (SSSR count).